The van der Waals surface area contributed by atoms with E-state index in [4.69, 9.17) is 5.73 Å². The number of amides is 2. The largest absolute Gasteiger partial charge is 0.340 e. The number of benzene rings is 1. The molecule has 0 bridgehead atoms. The lowest BCUT2D eigenvalue weighted by molar-refractivity contribution is -0.137. The number of likely N-dealkylation sites (tertiary alicyclic amines) is 1. The average molecular weight is 326 g/mol. The molecule has 0 saturated carbocycles. The molecule has 2 atom stereocenters. The molecule has 0 unspecified atom stereocenters. The Balaban J connectivity index is 0.00000242. The fraction of sp³-hybridized carbons (Fsp3) is 0.500. The van der Waals surface area contributed by atoms with Gasteiger partial charge in [-0.3, -0.25) is 9.59 Å². The molecule has 0 aromatic heterocycles. The quantitative estimate of drug-likeness (QED) is 0.901. The number of hydrogen-bond acceptors (Lipinski definition) is 3. The number of carbonyl (C=O) groups excluding carboxylic acids is 2. The highest BCUT2D eigenvalue weighted by Gasteiger charge is 2.35. The van der Waals surface area contributed by atoms with Crippen molar-refractivity contribution in [3.63, 3.8) is 0 Å². The highest BCUT2D eigenvalue weighted by Crippen LogP contribution is 2.31. The number of hydrogen-bond donors (Lipinski definition) is 1. The summed E-state index contributed by atoms with van der Waals surface area (Å²) in [7, 11) is 1.64. The molecule has 0 radical (unpaired) electrons. The van der Waals surface area contributed by atoms with Crippen molar-refractivity contribution in [2.24, 2.45) is 11.7 Å². The van der Waals surface area contributed by atoms with Crippen molar-refractivity contribution in [1.82, 2.24) is 9.80 Å². The summed E-state index contributed by atoms with van der Waals surface area (Å²) in [5.74, 6) is 0.448. The van der Waals surface area contributed by atoms with Gasteiger partial charge in [-0.15, -0.1) is 12.4 Å². The molecule has 0 spiro atoms. The number of rotatable bonds is 4. The molecule has 1 fully saturated rings. The SMILES string of the molecule is CC(=O)N(C)CC(=O)N1C[C@@H](CN)[C@H](c2ccccc2)C1.Cl. The summed E-state index contributed by atoms with van der Waals surface area (Å²) >= 11 is 0. The second-order valence-corrected chi connectivity index (χ2v) is 5.69. The number of likely N-dealkylation sites (N-methyl/N-ethyl adjacent to an activating group) is 1. The molecule has 22 heavy (non-hydrogen) atoms. The van der Waals surface area contributed by atoms with Crippen LogP contribution in [0.15, 0.2) is 30.3 Å². The number of nitrogens with zero attached hydrogens (tertiary/aromatic N) is 2. The number of carbonyl (C=O) groups is 2. The summed E-state index contributed by atoms with van der Waals surface area (Å²) in [6.07, 6.45) is 0. The molecule has 122 valence electrons. The molecule has 1 aliphatic heterocycles. The van der Waals surface area contributed by atoms with E-state index < -0.39 is 0 Å². The van der Waals surface area contributed by atoms with Gasteiger partial charge in [-0.1, -0.05) is 30.3 Å². The van der Waals surface area contributed by atoms with E-state index in [0.29, 0.717) is 19.6 Å². The molecule has 0 aliphatic carbocycles. The maximum atomic E-state index is 12.3. The third-order valence-electron chi connectivity index (χ3n) is 4.23. The second-order valence-electron chi connectivity index (χ2n) is 5.69. The maximum absolute atomic E-state index is 12.3. The molecule has 2 rings (SSSR count). The molecule has 1 saturated heterocycles. The van der Waals surface area contributed by atoms with Crippen molar-refractivity contribution in [3.8, 4) is 0 Å². The van der Waals surface area contributed by atoms with Crippen LogP contribution in [0.1, 0.15) is 18.4 Å². The van der Waals surface area contributed by atoms with Crippen molar-refractivity contribution in [1.29, 1.82) is 0 Å². The molecular formula is C16H24ClN3O2. The van der Waals surface area contributed by atoms with Gasteiger partial charge in [0.15, 0.2) is 0 Å². The van der Waals surface area contributed by atoms with Crippen LogP contribution in [0.2, 0.25) is 0 Å². The summed E-state index contributed by atoms with van der Waals surface area (Å²) in [4.78, 5) is 26.8. The zero-order valence-corrected chi connectivity index (χ0v) is 13.9. The van der Waals surface area contributed by atoms with Gasteiger partial charge in [0.2, 0.25) is 11.8 Å². The van der Waals surface area contributed by atoms with Crippen LogP contribution < -0.4 is 5.73 Å². The van der Waals surface area contributed by atoms with E-state index in [-0.39, 0.29) is 42.6 Å². The first kappa shape index (κ1) is 18.5. The molecule has 5 nitrogen and oxygen atoms in total. The van der Waals surface area contributed by atoms with Crippen LogP contribution >= 0.6 is 12.4 Å². The van der Waals surface area contributed by atoms with Crippen LogP contribution in [0, 0.1) is 5.92 Å². The van der Waals surface area contributed by atoms with Gasteiger partial charge in [-0.05, 0) is 18.0 Å². The summed E-state index contributed by atoms with van der Waals surface area (Å²) in [6.45, 7) is 3.50. The minimum atomic E-state index is -0.0995. The predicted molar refractivity (Wildman–Crippen MR) is 88.9 cm³/mol. The Kier molecular flexibility index (Phi) is 6.84. The second kappa shape index (κ2) is 8.15. The normalized spacial score (nSPS) is 20.4. The molecule has 1 heterocycles. The summed E-state index contributed by atoms with van der Waals surface area (Å²) in [5, 5.41) is 0. The van der Waals surface area contributed by atoms with E-state index in [1.165, 1.54) is 17.4 Å². The van der Waals surface area contributed by atoms with E-state index >= 15 is 0 Å². The predicted octanol–water partition coefficient (Wildman–Crippen LogP) is 1.09. The standard InChI is InChI=1S/C16H23N3O2.ClH/c1-12(20)18(2)11-16(21)19-9-14(8-17)15(10-19)13-6-4-3-5-7-13;/h3-7,14-15H,8-11,17H2,1-2H3;1H/t14-,15+;/m1./s1. The Hall–Kier alpha value is -1.59. The highest BCUT2D eigenvalue weighted by atomic mass is 35.5. The van der Waals surface area contributed by atoms with Gasteiger partial charge < -0.3 is 15.5 Å². The van der Waals surface area contributed by atoms with Crippen molar-refractivity contribution in [2.45, 2.75) is 12.8 Å². The lowest BCUT2D eigenvalue weighted by atomic mass is 9.89. The molecular weight excluding hydrogens is 302 g/mol. The van der Waals surface area contributed by atoms with Crippen molar-refractivity contribution >= 4 is 24.2 Å². The Bertz CT molecular complexity index is 509. The average Bonchev–Trinajstić information content (AvgIpc) is 2.92. The highest BCUT2D eigenvalue weighted by molar-refractivity contribution is 5.85. The van der Waals surface area contributed by atoms with E-state index in [1.807, 2.05) is 23.1 Å². The maximum Gasteiger partial charge on any atom is 0.242 e. The Morgan fingerprint density at radius 2 is 1.91 bits per heavy atom. The van der Waals surface area contributed by atoms with E-state index in [9.17, 15) is 9.59 Å². The summed E-state index contributed by atoms with van der Waals surface area (Å²) in [5.41, 5.74) is 7.10. The molecule has 6 heteroatoms. The van der Waals surface area contributed by atoms with Gasteiger partial charge in [-0.2, -0.15) is 0 Å². The lowest BCUT2D eigenvalue weighted by Crippen LogP contribution is -2.39. The third-order valence-corrected chi connectivity index (χ3v) is 4.23. The number of nitrogens with two attached hydrogens (primary N) is 1. The smallest absolute Gasteiger partial charge is 0.242 e. The van der Waals surface area contributed by atoms with Crippen LogP contribution in [0.25, 0.3) is 0 Å². The van der Waals surface area contributed by atoms with Gasteiger partial charge >= 0.3 is 0 Å². The van der Waals surface area contributed by atoms with E-state index in [1.54, 1.807) is 7.05 Å². The Morgan fingerprint density at radius 1 is 1.27 bits per heavy atom. The Labute approximate surface area is 137 Å². The lowest BCUT2D eigenvalue weighted by Gasteiger charge is -2.21. The number of halogens is 1. The zero-order valence-electron chi connectivity index (χ0n) is 13.1. The minimum Gasteiger partial charge on any atom is -0.340 e. The third kappa shape index (κ3) is 4.21. The van der Waals surface area contributed by atoms with Crippen molar-refractivity contribution in [2.75, 3.05) is 33.2 Å². The van der Waals surface area contributed by atoms with Gasteiger partial charge in [0.25, 0.3) is 0 Å². The molecule has 2 N–H and O–H groups in total. The van der Waals surface area contributed by atoms with Gasteiger partial charge in [0, 0.05) is 33.0 Å². The first-order valence-corrected chi connectivity index (χ1v) is 7.27. The van der Waals surface area contributed by atoms with Gasteiger partial charge in [-0.25, -0.2) is 0 Å². The van der Waals surface area contributed by atoms with Crippen LogP contribution in [-0.4, -0.2) is 54.8 Å². The first-order valence-electron chi connectivity index (χ1n) is 7.27. The van der Waals surface area contributed by atoms with Gasteiger partial charge in [0.1, 0.15) is 0 Å². The van der Waals surface area contributed by atoms with Crippen LogP contribution in [-0.2, 0) is 9.59 Å². The summed E-state index contributed by atoms with van der Waals surface area (Å²) < 4.78 is 0. The first-order chi connectivity index (χ1) is 10.0. The zero-order chi connectivity index (χ0) is 15.4. The Morgan fingerprint density at radius 3 is 2.45 bits per heavy atom. The topological polar surface area (TPSA) is 66.6 Å². The van der Waals surface area contributed by atoms with Crippen molar-refractivity contribution < 1.29 is 9.59 Å². The molecule has 1 aromatic rings. The van der Waals surface area contributed by atoms with E-state index in [0.717, 1.165) is 0 Å². The molecule has 1 aliphatic rings. The van der Waals surface area contributed by atoms with Crippen LogP contribution in [0.4, 0.5) is 0 Å². The minimum absolute atomic E-state index is 0. The summed E-state index contributed by atoms with van der Waals surface area (Å²) in [6, 6.07) is 10.2. The molecule has 2 amide bonds. The molecule has 1 aromatic carbocycles. The fourth-order valence-electron chi connectivity index (χ4n) is 2.81. The van der Waals surface area contributed by atoms with Crippen LogP contribution in [0.5, 0.6) is 0 Å². The van der Waals surface area contributed by atoms with E-state index in [2.05, 4.69) is 12.1 Å². The van der Waals surface area contributed by atoms with Crippen LogP contribution in [0.3, 0.4) is 0 Å². The monoisotopic (exact) mass is 325 g/mol. The fourth-order valence-corrected chi connectivity index (χ4v) is 2.81. The van der Waals surface area contributed by atoms with Gasteiger partial charge in [0.05, 0.1) is 6.54 Å². The van der Waals surface area contributed by atoms with Crippen molar-refractivity contribution in [3.05, 3.63) is 35.9 Å².